The van der Waals surface area contributed by atoms with E-state index in [1.54, 1.807) is 18.2 Å². The number of nitrogens with two attached hydrogens (primary N) is 1. The summed E-state index contributed by atoms with van der Waals surface area (Å²) in [6.45, 7) is 5.02. The van der Waals surface area contributed by atoms with Gasteiger partial charge in [-0.2, -0.15) is 0 Å². The van der Waals surface area contributed by atoms with Crippen LogP contribution in [0.4, 0.5) is 0 Å². The molecule has 0 aliphatic heterocycles. The fraction of sp³-hybridized carbons (Fsp3) is 0.294. The van der Waals surface area contributed by atoms with Gasteiger partial charge in [0.1, 0.15) is 5.78 Å². The Labute approximate surface area is 128 Å². The number of primary amides is 1. The van der Waals surface area contributed by atoms with Crippen molar-refractivity contribution in [3.05, 3.63) is 41.5 Å². The molecule has 1 aliphatic carbocycles. The van der Waals surface area contributed by atoms with Gasteiger partial charge in [0.25, 0.3) is 0 Å². The number of carbonyl (C=O) groups excluding carboxylic acids is 4. The Morgan fingerprint density at radius 1 is 1.32 bits per heavy atom. The molecular weight excluding hydrogens is 282 g/mol. The fourth-order valence-electron chi connectivity index (χ4n) is 2.86. The second-order valence-corrected chi connectivity index (χ2v) is 5.43. The van der Waals surface area contributed by atoms with Crippen LogP contribution in [0.1, 0.15) is 46.0 Å². The highest BCUT2D eigenvalue weighted by Gasteiger charge is 2.45. The first-order valence-corrected chi connectivity index (χ1v) is 7.01. The lowest BCUT2D eigenvalue weighted by molar-refractivity contribution is -0.123. The Kier molecular flexibility index (Phi) is 4.35. The summed E-state index contributed by atoms with van der Waals surface area (Å²) in [5.41, 5.74) is 6.51. The predicted octanol–water partition coefficient (Wildman–Crippen LogP) is 1.80. The summed E-state index contributed by atoms with van der Waals surface area (Å²) >= 11 is 0. The minimum absolute atomic E-state index is 0.101. The third-order valence-electron chi connectivity index (χ3n) is 3.97. The molecular formula is C17H17NO4. The minimum atomic E-state index is -1.13. The average molecular weight is 299 g/mol. The van der Waals surface area contributed by atoms with Gasteiger partial charge in [-0.1, -0.05) is 30.9 Å². The zero-order chi connectivity index (χ0) is 16.4. The van der Waals surface area contributed by atoms with E-state index in [0.29, 0.717) is 16.7 Å². The van der Waals surface area contributed by atoms with Gasteiger partial charge in [-0.05, 0) is 18.9 Å². The first-order chi connectivity index (χ1) is 10.4. The van der Waals surface area contributed by atoms with Crippen molar-refractivity contribution in [2.75, 3.05) is 0 Å². The minimum Gasteiger partial charge on any atom is -0.369 e. The van der Waals surface area contributed by atoms with Crippen LogP contribution in [0.3, 0.4) is 0 Å². The van der Waals surface area contributed by atoms with Crippen LogP contribution < -0.4 is 5.73 Å². The smallest absolute Gasteiger partial charge is 0.221 e. The number of benzene rings is 1. The Bertz CT molecular complexity index is 690. The van der Waals surface area contributed by atoms with E-state index >= 15 is 0 Å². The van der Waals surface area contributed by atoms with Crippen LogP contribution in [0, 0.1) is 11.8 Å². The molecule has 114 valence electrons. The summed E-state index contributed by atoms with van der Waals surface area (Å²) in [6.07, 6.45) is 1.71. The molecule has 0 saturated heterocycles. The molecule has 0 radical (unpaired) electrons. The number of hydrogen-bond donors (Lipinski definition) is 1. The van der Waals surface area contributed by atoms with Gasteiger partial charge in [0, 0.05) is 17.5 Å². The molecule has 1 amide bonds. The normalized spacial score (nSPS) is 18.0. The molecule has 22 heavy (non-hydrogen) atoms. The van der Waals surface area contributed by atoms with Crippen LogP contribution in [0.2, 0.25) is 0 Å². The van der Waals surface area contributed by atoms with E-state index in [1.807, 2.05) is 0 Å². The van der Waals surface area contributed by atoms with Crippen LogP contribution >= 0.6 is 0 Å². The SMILES string of the molecule is C=Cc1cccc2c1C(=O)C(C(CCC(C)=O)C(N)=O)C2=O. The second kappa shape index (κ2) is 6.05. The summed E-state index contributed by atoms with van der Waals surface area (Å²) < 4.78 is 0. The largest absolute Gasteiger partial charge is 0.369 e. The van der Waals surface area contributed by atoms with Crippen LogP contribution in [0.25, 0.3) is 6.08 Å². The van der Waals surface area contributed by atoms with Crippen LogP contribution in [-0.2, 0) is 9.59 Å². The number of hydrogen-bond acceptors (Lipinski definition) is 4. The van der Waals surface area contributed by atoms with Crippen molar-refractivity contribution in [3.63, 3.8) is 0 Å². The summed E-state index contributed by atoms with van der Waals surface area (Å²) in [5.74, 6) is -3.77. The molecule has 2 rings (SSSR count). The van der Waals surface area contributed by atoms with E-state index in [-0.39, 0.29) is 18.6 Å². The average Bonchev–Trinajstić information content (AvgIpc) is 2.72. The molecule has 5 nitrogen and oxygen atoms in total. The molecule has 1 aliphatic rings. The van der Waals surface area contributed by atoms with E-state index in [9.17, 15) is 19.2 Å². The molecule has 0 spiro atoms. The highest BCUT2D eigenvalue weighted by atomic mass is 16.2. The summed E-state index contributed by atoms with van der Waals surface area (Å²) in [7, 11) is 0. The summed E-state index contributed by atoms with van der Waals surface area (Å²) in [6, 6.07) is 4.91. The Morgan fingerprint density at radius 2 is 2.00 bits per heavy atom. The molecule has 0 bridgehead atoms. The number of ketones is 3. The van der Waals surface area contributed by atoms with Gasteiger partial charge in [0.2, 0.25) is 5.91 Å². The van der Waals surface area contributed by atoms with E-state index in [1.165, 1.54) is 13.0 Å². The van der Waals surface area contributed by atoms with Crippen LogP contribution in [0.15, 0.2) is 24.8 Å². The molecule has 2 unspecified atom stereocenters. The predicted molar refractivity (Wildman–Crippen MR) is 81.3 cm³/mol. The molecule has 0 fully saturated rings. The quantitative estimate of drug-likeness (QED) is 0.810. The van der Waals surface area contributed by atoms with Gasteiger partial charge in [-0.25, -0.2) is 0 Å². The lowest BCUT2D eigenvalue weighted by atomic mass is 9.83. The van der Waals surface area contributed by atoms with Gasteiger partial charge in [-0.15, -0.1) is 0 Å². The number of carbonyl (C=O) groups is 4. The van der Waals surface area contributed by atoms with Gasteiger partial charge in [0.05, 0.1) is 11.8 Å². The van der Waals surface area contributed by atoms with E-state index in [2.05, 4.69) is 6.58 Å². The van der Waals surface area contributed by atoms with Crippen molar-refractivity contribution in [1.82, 2.24) is 0 Å². The topological polar surface area (TPSA) is 94.3 Å². The van der Waals surface area contributed by atoms with Crippen molar-refractivity contribution < 1.29 is 19.2 Å². The van der Waals surface area contributed by atoms with E-state index in [0.717, 1.165) is 0 Å². The highest BCUT2D eigenvalue weighted by molar-refractivity contribution is 6.28. The van der Waals surface area contributed by atoms with Crippen molar-refractivity contribution in [3.8, 4) is 0 Å². The van der Waals surface area contributed by atoms with E-state index in [4.69, 9.17) is 5.73 Å². The summed E-state index contributed by atoms with van der Waals surface area (Å²) in [5, 5.41) is 0. The molecule has 2 N–H and O–H groups in total. The first kappa shape index (κ1) is 15.8. The fourth-order valence-corrected chi connectivity index (χ4v) is 2.86. The number of fused-ring (bicyclic) bond motifs is 1. The van der Waals surface area contributed by atoms with Gasteiger partial charge >= 0.3 is 0 Å². The second-order valence-electron chi connectivity index (χ2n) is 5.43. The third kappa shape index (κ3) is 2.62. The molecule has 2 atom stereocenters. The lowest BCUT2D eigenvalue weighted by Crippen LogP contribution is -2.36. The maximum absolute atomic E-state index is 12.6. The maximum Gasteiger partial charge on any atom is 0.221 e. The number of Topliss-reactive ketones (excluding diaryl/α,β-unsaturated/α-hetero) is 3. The standard InChI is InChI=1S/C17H17NO4/c1-3-10-5-4-6-11-13(10)16(21)14(15(11)20)12(17(18)22)8-7-9(2)19/h3-6,12,14H,1,7-8H2,2H3,(H2,18,22). The van der Waals surface area contributed by atoms with Gasteiger partial charge in [-0.3, -0.25) is 14.4 Å². The van der Waals surface area contributed by atoms with Crippen molar-refractivity contribution in [2.24, 2.45) is 17.6 Å². The third-order valence-corrected chi connectivity index (χ3v) is 3.97. The number of rotatable bonds is 6. The van der Waals surface area contributed by atoms with Gasteiger partial charge < -0.3 is 10.5 Å². The molecule has 1 aromatic rings. The highest BCUT2D eigenvalue weighted by Crippen LogP contribution is 2.35. The molecule has 5 heteroatoms. The summed E-state index contributed by atoms with van der Waals surface area (Å²) in [4.78, 5) is 47.9. The zero-order valence-corrected chi connectivity index (χ0v) is 12.3. The van der Waals surface area contributed by atoms with Crippen molar-refractivity contribution >= 4 is 29.3 Å². The van der Waals surface area contributed by atoms with Crippen LogP contribution in [0.5, 0.6) is 0 Å². The zero-order valence-electron chi connectivity index (χ0n) is 12.3. The Morgan fingerprint density at radius 3 is 2.55 bits per heavy atom. The molecule has 0 saturated carbocycles. The van der Waals surface area contributed by atoms with Crippen LogP contribution in [-0.4, -0.2) is 23.3 Å². The van der Waals surface area contributed by atoms with Crippen molar-refractivity contribution in [2.45, 2.75) is 19.8 Å². The Balaban J connectivity index is 2.43. The monoisotopic (exact) mass is 299 g/mol. The van der Waals surface area contributed by atoms with E-state index < -0.39 is 29.3 Å². The Hall–Kier alpha value is -2.56. The molecule has 0 heterocycles. The lowest BCUT2D eigenvalue weighted by Gasteiger charge is -2.17. The van der Waals surface area contributed by atoms with Crippen molar-refractivity contribution in [1.29, 1.82) is 0 Å². The van der Waals surface area contributed by atoms with Gasteiger partial charge in [0.15, 0.2) is 11.6 Å². The first-order valence-electron chi connectivity index (χ1n) is 7.01. The molecule has 0 aromatic heterocycles. The number of amides is 1. The maximum atomic E-state index is 12.6. The molecule has 1 aromatic carbocycles.